The summed E-state index contributed by atoms with van der Waals surface area (Å²) in [4.78, 5) is 11.9. The number of carbonyl (C=O) groups excluding carboxylic acids is 1. The molecule has 0 aliphatic heterocycles. The van der Waals surface area contributed by atoms with Gasteiger partial charge >= 0.3 is 0 Å². The van der Waals surface area contributed by atoms with Crippen molar-refractivity contribution in [3.05, 3.63) is 11.8 Å². The van der Waals surface area contributed by atoms with Crippen LogP contribution in [0, 0.1) is 5.41 Å². The zero-order chi connectivity index (χ0) is 14.1. The fourth-order valence-corrected chi connectivity index (χ4v) is 2.43. The third-order valence-electron chi connectivity index (χ3n) is 3.83. The summed E-state index contributed by atoms with van der Waals surface area (Å²) in [6.45, 7) is 5.59. The second-order valence-electron chi connectivity index (χ2n) is 6.43. The van der Waals surface area contributed by atoms with Crippen LogP contribution in [0.25, 0.3) is 0 Å². The first-order valence-electron chi connectivity index (χ1n) is 6.77. The topological polar surface area (TPSA) is 75.4 Å². The van der Waals surface area contributed by atoms with Crippen molar-refractivity contribution < 1.29 is 14.4 Å². The maximum Gasteiger partial charge on any atom is 0.232 e. The van der Waals surface area contributed by atoms with Crippen LogP contribution >= 0.6 is 0 Å². The minimum Gasteiger partial charge on any atom is -0.395 e. The van der Waals surface area contributed by atoms with E-state index in [4.69, 9.17) is 4.52 Å². The molecule has 19 heavy (non-hydrogen) atoms. The number of nitrogens with zero attached hydrogens (tertiary/aromatic N) is 1. The van der Waals surface area contributed by atoms with Gasteiger partial charge in [0.15, 0.2) is 0 Å². The molecule has 1 fully saturated rings. The van der Waals surface area contributed by atoms with E-state index >= 15 is 0 Å². The summed E-state index contributed by atoms with van der Waals surface area (Å²) in [5, 5.41) is 16.4. The molecule has 0 saturated heterocycles. The first-order chi connectivity index (χ1) is 8.87. The summed E-state index contributed by atoms with van der Waals surface area (Å²) in [5.41, 5.74) is -0.0138. The first kappa shape index (κ1) is 14.1. The number of rotatable bonds is 3. The van der Waals surface area contributed by atoms with E-state index in [1.807, 2.05) is 20.8 Å². The molecular weight excluding hydrogens is 244 g/mol. The monoisotopic (exact) mass is 266 g/mol. The van der Waals surface area contributed by atoms with Crippen molar-refractivity contribution in [3.63, 3.8) is 0 Å². The highest BCUT2D eigenvalue weighted by atomic mass is 16.5. The second-order valence-corrected chi connectivity index (χ2v) is 6.43. The third-order valence-corrected chi connectivity index (χ3v) is 3.83. The van der Waals surface area contributed by atoms with Crippen LogP contribution in [-0.2, 0) is 10.2 Å². The Bertz CT molecular complexity index is 454. The SMILES string of the molecule is CC(C)(C)C(=O)Nc1cc(C2(CO)CCCC2)no1. The number of anilines is 1. The van der Waals surface area contributed by atoms with Crippen LogP contribution in [0.3, 0.4) is 0 Å². The number of aromatic nitrogens is 1. The quantitative estimate of drug-likeness (QED) is 0.881. The Morgan fingerprint density at radius 3 is 2.63 bits per heavy atom. The van der Waals surface area contributed by atoms with Crippen molar-refractivity contribution >= 4 is 11.8 Å². The van der Waals surface area contributed by atoms with Crippen molar-refractivity contribution in [1.82, 2.24) is 5.16 Å². The molecule has 5 heteroatoms. The normalized spacial score (nSPS) is 18.5. The molecule has 2 rings (SSSR count). The molecule has 0 radical (unpaired) electrons. The fraction of sp³-hybridized carbons (Fsp3) is 0.714. The van der Waals surface area contributed by atoms with E-state index in [0.717, 1.165) is 31.4 Å². The highest BCUT2D eigenvalue weighted by Gasteiger charge is 2.38. The van der Waals surface area contributed by atoms with Crippen LogP contribution in [0.5, 0.6) is 0 Å². The number of nitrogens with one attached hydrogen (secondary N) is 1. The van der Waals surface area contributed by atoms with Gasteiger partial charge in [0, 0.05) is 16.9 Å². The Kier molecular flexibility index (Phi) is 3.67. The summed E-state index contributed by atoms with van der Waals surface area (Å²) in [6.07, 6.45) is 4.03. The summed E-state index contributed by atoms with van der Waals surface area (Å²) in [5.74, 6) is 0.245. The Morgan fingerprint density at radius 2 is 2.11 bits per heavy atom. The molecule has 1 aromatic heterocycles. The van der Waals surface area contributed by atoms with Crippen molar-refractivity contribution in [2.24, 2.45) is 5.41 Å². The molecule has 0 aromatic carbocycles. The molecule has 0 atom stereocenters. The van der Waals surface area contributed by atoms with Gasteiger partial charge in [0.05, 0.1) is 12.3 Å². The van der Waals surface area contributed by atoms with Gasteiger partial charge in [0.1, 0.15) is 0 Å². The van der Waals surface area contributed by atoms with E-state index in [1.165, 1.54) is 0 Å². The van der Waals surface area contributed by atoms with Crippen LogP contribution in [0.2, 0.25) is 0 Å². The number of hydrogen-bond donors (Lipinski definition) is 2. The van der Waals surface area contributed by atoms with Gasteiger partial charge in [-0.25, -0.2) is 0 Å². The van der Waals surface area contributed by atoms with Crippen molar-refractivity contribution in [2.75, 3.05) is 11.9 Å². The molecule has 1 aromatic rings. The Hall–Kier alpha value is -1.36. The van der Waals surface area contributed by atoms with E-state index in [1.54, 1.807) is 6.07 Å². The minimum atomic E-state index is -0.477. The summed E-state index contributed by atoms with van der Waals surface area (Å²) in [7, 11) is 0. The zero-order valence-electron chi connectivity index (χ0n) is 11.8. The van der Waals surface area contributed by atoms with Crippen LogP contribution in [0.1, 0.15) is 52.1 Å². The van der Waals surface area contributed by atoms with Crippen LogP contribution in [0.4, 0.5) is 5.88 Å². The number of aliphatic hydroxyl groups excluding tert-OH is 1. The largest absolute Gasteiger partial charge is 0.395 e. The standard InChI is InChI=1S/C14H22N2O3/c1-13(2,3)12(18)15-11-8-10(16-19-11)14(9-17)6-4-5-7-14/h8,17H,4-7,9H2,1-3H3,(H,15,18). The second kappa shape index (κ2) is 4.96. The molecule has 0 spiro atoms. The third kappa shape index (κ3) is 2.81. The molecule has 1 amide bonds. The first-order valence-corrected chi connectivity index (χ1v) is 6.77. The highest BCUT2D eigenvalue weighted by Crippen LogP contribution is 2.40. The van der Waals surface area contributed by atoms with E-state index in [0.29, 0.717) is 5.88 Å². The van der Waals surface area contributed by atoms with Crippen molar-refractivity contribution in [3.8, 4) is 0 Å². The molecule has 1 heterocycles. The summed E-state index contributed by atoms with van der Waals surface area (Å²) >= 11 is 0. The lowest BCUT2D eigenvalue weighted by molar-refractivity contribution is -0.123. The van der Waals surface area contributed by atoms with Crippen molar-refractivity contribution in [1.29, 1.82) is 0 Å². The van der Waals surface area contributed by atoms with Gasteiger partial charge in [-0.1, -0.05) is 38.8 Å². The fourth-order valence-electron chi connectivity index (χ4n) is 2.43. The molecule has 1 aliphatic carbocycles. The molecular formula is C14H22N2O3. The molecule has 2 N–H and O–H groups in total. The lowest BCUT2D eigenvalue weighted by Gasteiger charge is -2.22. The maximum absolute atomic E-state index is 11.9. The average Bonchev–Trinajstić information content (AvgIpc) is 2.96. The Balaban J connectivity index is 2.13. The van der Waals surface area contributed by atoms with Crippen LogP contribution < -0.4 is 5.32 Å². The number of carbonyl (C=O) groups is 1. The maximum atomic E-state index is 11.9. The lowest BCUT2D eigenvalue weighted by Crippen LogP contribution is -2.28. The van der Waals surface area contributed by atoms with E-state index in [9.17, 15) is 9.90 Å². The molecule has 0 bridgehead atoms. The summed E-state index contributed by atoms with van der Waals surface area (Å²) < 4.78 is 5.18. The van der Waals surface area contributed by atoms with Gasteiger partial charge in [-0.15, -0.1) is 0 Å². The predicted octanol–water partition coefficient (Wildman–Crippen LogP) is 2.46. The number of amides is 1. The van der Waals surface area contributed by atoms with Crippen molar-refractivity contribution in [2.45, 2.75) is 51.9 Å². The van der Waals surface area contributed by atoms with Gasteiger partial charge in [0.25, 0.3) is 0 Å². The Labute approximate surface area is 113 Å². The van der Waals surface area contributed by atoms with Gasteiger partial charge in [-0.2, -0.15) is 0 Å². The molecule has 1 saturated carbocycles. The number of hydrogen-bond acceptors (Lipinski definition) is 4. The Morgan fingerprint density at radius 1 is 1.47 bits per heavy atom. The highest BCUT2D eigenvalue weighted by molar-refractivity contribution is 5.93. The summed E-state index contributed by atoms with van der Waals surface area (Å²) in [6, 6.07) is 1.74. The average molecular weight is 266 g/mol. The van der Waals surface area contributed by atoms with Crippen LogP contribution in [-0.4, -0.2) is 22.8 Å². The predicted molar refractivity (Wildman–Crippen MR) is 71.8 cm³/mol. The molecule has 106 valence electrons. The van der Waals surface area contributed by atoms with Gasteiger partial charge in [-0.05, 0) is 12.8 Å². The van der Waals surface area contributed by atoms with Gasteiger partial charge in [0.2, 0.25) is 11.8 Å². The molecule has 5 nitrogen and oxygen atoms in total. The molecule has 0 unspecified atom stereocenters. The zero-order valence-corrected chi connectivity index (χ0v) is 11.8. The minimum absolute atomic E-state index is 0.0756. The lowest BCUT2D eigenvalue weighted by atomic mass is 9.84. The van der Waals surface area contributed by atoms with Gasteiger partial charge < -0.3 is 9.63 Å². The van der Waals surface area contributed by atoms with Gasteiger partial charge in [-0.3, -0.25) is 10.1 Å². The van der Waals surface area contributed by atoms with E-state index < -0.39 is 5.41 Å². The molecule has 1 aliphatic rings. The van der Waals surface area contributed by atoms with Crippen LogP contribution in [0.15, 0.2) is 10.6 Å². The smallest absolute Gasteiger partial charge is 0.232 e. The van der Waals surface area contributed by atoms with E-state index in [2.05, 4.69) is 10.5 Å². The van der Waals surface area contributed by atoms with E-state index in [-0.39, 0.29) is 17.9 Å². The number of aliphatic hydroxyl groups is 1.